The fraction of sp³-hybridized carbons (Fsp3) is 0.917. The number of aliphatic carboxylic acids is 1. The molecule has 2 fully saturated rings. The molecule has 0 aliphatic carbocycles. The minimum Gasteiger partial charge on any atom is -0.547 e. The fourth-order valence-corrected chi connectivity index (χ4v) is 2.42. The molecule has 2 heterocycles. The zero-order chi connectivity index (χ0) is 16.6. The maximum absolute atomic E-state index is 10.8. The number of hydrogen-bond donors (Lipinski definition) is 5. The van der Waals surface area contributed by atoms with Crippen LogP contribution < -0.4 is 34.7 Å². The van der Waals surface area contributed by atoms with Gasteiger partial charge in [-0.3, -0.25) is 0 Å². The predicted octanol–water partition coefficient (Wildman–Crippen LogP) is -7.58. The average Bonchev–Trinajstić information content (AvgIpc) is 2.45. The summed E-state index contributed by atoms with van der Waals surface area (Å²) in [7, 11) is 0. The van der Waals surface area contributed by atoms with E-state index in [2.05, 4.69) is 0 Å². The van der Waals surface area contributed by atoms with Crippen molar-refractivity contribution in [1.82, 2.24) is 0 Å². The molecular formula is C12H19NaO10. The van der Waals surface area contributed by atoms with Crippen LogP contribution in [-0.2, 0) is 19.0 Å². The topological polar surface area (TPSA) is 169 Å². The third-order valence-corrected chi connectivity index (χ3v) is 3.78. The van der Waals surface area contributed by atoms with E-state index < -0.39 is 67.7 Å². The Bertz CT molecular complexity index is 409. The zero-order valence-electron chi connectivity index (χ0n) is 12.7. The van der Waals surface area contributed by atoms with Crippen molar-refractivity contribution in [3.63, 3.8) is 0 Å². The van der Waals surface area contributed by atoms with E-state index in [9.17, 15) is 35.4 Å². The van der Waals surface area contributed by atoms with Crippen LogP contribution in [-0.4, -0.2) is 86.8 Å². The second-order valence-corrected chi connectivity index (χ2v) is 5.42. The molecule has 0 spiro atoms. The number of rotatable bonds is 3. The van der Waals surface area contributed by atoms with Gasteiger partial charge in [-0.15, -0.1) is 0 Å². The van der Waals surface area contributed by atoms with Gasteiger partial charge >= 0.3 is 29.6 Å². The molecule has 0 radical (unpaired) electrons. The Balaban J connectivity index is 0.00000264. The van der Waals surface area contributed by atoms with Crippen molar-refractivity contribution >= 4 is 5.97 Å². The summed E-state index contributed by atoms with van der Waals surface area (Å²) in [5.41, 5.74) is 0. The van der Waals surface area contributed by atoms with Crippen molar-refractivity contribution in [3.8, 4) is 0 Å². The van der Waals surface area contributed by atoms with E-state index in [1.165, 1.54) is 6.92 Å². The first kappa shape index (κ1) is 21.2. The minimum absolute atomic E-state index is 0. The van der Waals surface area contributed by atoms with Crippen LogP contribution >= 0.6 is 0 Å². The van der Waals surface area contributed by atoms with Gasteiger partial charge in [-0.2, -0.15) is 0 Å². The van der Waals surface area contributed by atoms with Crippen LogP contribution in [0.2, 0.25) is 0 Å². The Labute approximate surface area is 153 Å². The van der Waals surface area contributed by atoms with Crippen LogP contribution in [0.3, 0.4) is 0 Å². The SMILES string of the molecule is C[C@@H]1OC(O)[C@H](O[C@H]2OC(C(=O)[O-])C[C@H](O)[C@H]2O)[C@H](O)[C@H]1O.[Na+]. The second-order valence-electron chi connectivity index (χ2n) is 5.42. The second kappa shape index (κ2) is 8.50. The Morgan fingerprint density at radius 1 is 1.09 bits per heavy atom. The van der Waals surface area contributed by atoms with Crippen LogP contribution in [0.4, 0.5) is 0 Å². The molecule has 5 N–H and O–H groups in total. The van der Waals surface area contributed by atoms with Crippen LogP contribution in [0.25, 0.3) is 0 Å². The molecule has 0 bridgehead atoms. The van der Waals surface area contributed by atoms with Gasteiger partial charge in [0.1, 0.15) is 30.5 Å². The molecule has 11 heteroatoms. The maximum Gasteiger partial charge on any atom is 1.00 e. The maximum atomic E-state index is 10.8. The van der Waals surface area contributed by atoms with Gasteiger partial charge < -0.3 is 49.6 Å². The first-order chi connectivity index (χ1) is 10.2. The van der Waals surface area contributed by atoms with Crippen molar-refractivity contribution in [2.24, 2.45) is 0 Å². The molecular weight excluding hydrogens is 327 g/mol. The van der Waals surface area contributed by atoms with Crippen LogP contribution in [0.15, 0.2) is 0 Å². The molecule has 23 heavy (non-hydrogen) atoms. The monoisotopic (exact) mass is 346 g/mol. The van der Waals surface area contributed by atoms with E-state index in [0.29, 0.717) is 0 Å². The predicted molar refractivity (Wildman–Crippen MR) is 63.7 cm³/mol. The van der Waals surface area contributed by atoms with Gasteiger partial charge in [-0.05, 0) is 6.92 Å². The number of carboxylic acids is 1. The summed E-state index contributed by atoms with van der Waals surface area (Å²) in [6.45, 7) is 1.43. The number of aliphatic hydroxyl groups is 5. The number of aliphatic hydroxyl groups excluding tert-OH is 5. The molecule has 0 aromatic carbocycles. The summed E-state index contributed by atoms with van der Waals surface area (Å²) < 4.78 is 15.0. The summed E-state index contributed by atoms with van der Waals surface area (Å²) in [5, 5.41) is 59.5. The summed E-state index contributed by atoms with van der Waals surface area (Å²) in [5.74, 6) is -1.60. The summed E-state index contributed by atoms with van der Waals surface area (Å²) in [6.07, 6.45) is -13.5. The molecule has 128 valence electrons. The molecule has 2 aliphatic heterocycles. The Hall–Kier alpha value is 0.150. The van der Waals surface area contributed by atoms with Gasteiger partial charge in [0.05, 0.1) is 18.2 Å². The van der Waals surface area contributed by atoms with Crippen molar-refractivity contribution in [3.05, 3.63) is 0 Å². The largest absolute Gasteiger partial charge is 1.00 e. The normalized spacial score (nSPS) is 47.7. The summed E-state index contributed by atoms with van der Waals surface area (Å²) in [4.78, 5) is 10.8. The Morgan fingerprint density at radius 2 is 1.70 bits per heavy atom. The van der Waals surface area contributed by atoms with Gasteiger partial charge in [0.15, 0.2) is 12.6 Å². The van der Waals surface area contributed by atoms with Gasteiger partial charge in [-0.1, -0.05) is 0 Å². The van der Waals surface area contributed by atoms with Gasteiger partial charge in [0.2, 0.25) is 0 Å². The van der Waals surface area contributed by atoms with Crippen molar-refractivity contribution < 1.29 is 79.2 Å². The molecule has 2 saturated heterocycles. The van der Waals surface area contributed by atoms with Crippen molar-refractivity contribution in [2.75, 3.05) is 0 Å². The number of hydrogen-bond acceptors (Lipinski definition) is 10. The fourth-order valence-electron chi connectivity index (χ4n) is 2.42. The Kier molecular flexibility index (Phi) is 7.83. The molecule has 10 nitrogen and oxygen atoms in total. The van der Waals surface area contributed by atoms with Crippen molar-refractivity contribution in [2.45, 2.75) is 68.7 Å². The number of carboxylic acid groups (broad SMARTS) is 1. The van der Waals surface area contributed by atoms with E-state index in [1.54, 1.807) is 0 Å². The van der Waals surface area contributed by atoms with E-state index in [-0.39, 0.29) is 29.6 Å². The molecule has 0 aromatic rings. The van der Waals surface area contributed by atoms with Gasteiger partial charge in [-0.25, -0.2) is 0 Å². The molecule has 0 saturated carbocycles. The summed E-state index contributed by atoms with van der Waals surface area (Å²) >= 11 is 0. The smallest absolute Gasteiger partial charge is 0.547 e. The third kappa shape index (κ3) is 4.61. The molecule has 0 aromatic heterocycles. The average molecular weight is 346 g/mol. The van der Waals surface area contributed by atoms with E-state index in [0.717, 1.165) is 0 Å². The minimum atomic E-state index is -1.65. The molecule has 9 atom stereocenters. The van der Waals surface area contributed by atoms with Gasteiger partial charge in [0, 0.05) is 6.42 Å². The number of ether oxygens (including phenoxy) is 3. The molecule has 2 aliphatic rings. The van der Waals surface area contributed by atoms with E-state index in [1.807, 2.05) is 0 Å². The summed E-state index contributed by atoms with van der Waals surface area (Å²) in [6, 6.07) is 0. The van der Waals surface area contributed by atoms with E-state index in [4.69, 9.17) is 14.2 Å². The first-order valence-corrected chi connectivity index (χ1v) is 6.80. The first-order valence-electron chi connectivity index (χ1n) is 6.80. The zero-order valence-corrected chi connectivity index (χ0v) is 14.7. The molecule has 0 amide bonds. The van der Waals surface area contributed by atoms with Gasteiger partial charge in [0.25, 0.3) is 0 Å². The van der Waals surface area contributed by atoms with Crippen LogP contribution in [0.5, 0.6) is 0 Å². The van der Waals surface area contributed by atoms with Crippen LogP contribution in [0.1, 0.15) is 13.3 Å². The standard InChI is InChI=1S/C12H20O10.Na/c1-3-6(14)8(16)9(11(19)20-3)22-12-7(15)4(13)2-5(21-12)10(17)18;/h3-9,11-16,19H,2H2,1H3,(H,17,18);/q;+1/p-1/t3-,4-,5?,6-,7+,8+,9+,11?,12+;/m0./s1. The quantitative estimate of drug-likeness (QED) is 0.309. The number of carbonyl (C=O) groups is 1. The van der Waals surface area contributed by atoms with Crippen molar-refractivity contribution in [1.29, 1.82) is 0 Å². The third-order valence-electron chi connectivity index (χ3n) is 3.78. The molecule has 2 rings (SSSR count). The number of carbonyl (C=O) groups excluding carboxylic acids is 1. The Morgan fingerprint density at radius 3 is 2.26 bits per heavy atom. The van der Waals surface area contributed by atoms with E-state index >= 15 is 0 Å². The molecule has 2 unspecified atom stereocenters. The van der Waals surface area contributed by atoms with Crippen LogP contribution in [0, 0.1) is 0 Å².